The molecule has 12 heavy (non-hydrogen) atoms. The van der Waals surface area contributed by atoms with Crippen LogP contribution in [0.5, 0.6) is 5.75 Å². The Labute approximate surface area is 74.6 Å². The topological polar surface area (TPSA) is 35.2 Å². The van der Waals surface area contributed by atoms with Crippen molar-refractivity contribution in [3.63, 3.8) is 0 Å². The van der Waals surface area contributed by atoms with Crippen molar-refractivity contribution in [3.8, 4) is 5.75 Å². The number of fused-ring (bicyclic) bond motifs is 1. The Morgan fingerprint density at radius 3 is 2.92 bits per heavy atom. The minimum Gasteiger partial charge on any atom is -0.496 e. The molecular weight excluding hydrogens is 170 g/mol. The number of hydrogen-bond donors (Lipinski definition) is 1. The van der Waals surface area contributed by atoms with Crippen LogP contribution in [-0.2, 0) is 0 Å². The molecule has 0 spiro atoms. The Morgan fingerprint density at radius 1 is 1.33 bits per heavy atom. The lowest BCUT2D eigenvalue weighted by molar-refractivity contribution is 0.420. The van der Waals surface area contributed by atoms with Crippen LogP contribution >= 0.6 is 11.3 Å². The number of hydrogen-bond acceptors (Lipinski definition) is 3. The smallest absolute Gasteiger partial charge is 0.127 e. The molecule has 2 rings (SSSR count). The second-order valence-electron chi connectivity index (χ2n) is 2.52. The number of nitrogens with two attached hydrogens (primary N) is 1. The molecule has 0 amide bonds. The van der Waals surface area contributed by atoms with E-state index in [0.717, 1.165) is 21.5 Å². The Bertz CT molecular complexity index is 408. The van der Waals surface area contributed by atoms with Gasteiger partial charge in [0.15, 0.2) is 0 Å². The Hall–Kier alpha value is -1.22. The first-order chi connectivity index (χ1) is 5.83. The molecule has 0 aliphatic heterocycles. The predicted octanol–water partition coefficient (Wildman–Crippen LogP) is 2.49. The second kappa shape index (κ2) is 2.68. The maximum absolute atomic E-state index is 5.78. The highest BCUT2D eigenvalue weighted by atomic mass is 32.1. The number of rotatable bonds is 1. The molecule has 2 nitrogen and oxygen atoms in total. The van der Waals surface area contributed by atoms with E-state index < -0.39 is 0 Å². The van der Waals surface area contributed by atoms with Gasteiger partial charge in [-0.05, 0) is 23.6 Å². The molecule has 0 aliphatic rings. The van der Waals surface area contributed by atoms with E-state index in [9.17, 15) is 0 Å². The summed E-state index contributed by atoms with van der Waals surface area (Å²) in [5, 5.41) is 3.12. The second-order valence-corrected chi connectivity index (χ2v) is 3.44. The lowest BCUT2D eigenvalue weighted by atomic mass is 10.2. The first-order valence-electron chi connectivity index (χ1n) is 3.62. The molecule has 0 atom stereocenters. The molecule has 62 valence electrons. The maximum Gasteiger partial charge on any atom is 0.127 e. The summed E-state index contributed by atoms with van der Waals surface area (Å²) < 4.78 is 6.30. The molecule has 3 heteroatoms. The predicted molar refractivity (Wildman–Crippen MR) is 52.8 cm³/mol. The van der Waals surface area contributed by atoms with Gasteiger partial charge in [-0.1, -0.05) is 0 Å². The SMILES string of the molecule is COc1ccc(N)c2sccc12. The average Bonchev–Trinajstić information content (AvgIpc) is 2.54. The molecule has 0 fully saturated rings. The van der Waals surface area contributed by atoms with E-state index in [1.165, 1.54) is 0 Å². The van der Waals surface area contributed by atoms with Crippen molar-refractivity contribution in [1.82, 2.24) is 0 Å². The van der Waals surface area contributed by atoms with Crippen LogP contribution in [0.2, 0.25) is 0 Å². The lowest BCUT2D eigenvalue weighted by Gasteiger charge is -2.02. The monoisotopic (exact) mass is 179 g/mol. The molecular formula is C9H9NOS. The fourth-order valence-electron chi connectivity index (χ4n) is 1.24. The molecule has 2 N–H and O–H groups in total. The van der Waals surface area contributed by atoms with E-state index >= 15 is 0 Å². The summed E-state index contributed by atoms with van der Waals surface area (Å²) in [6, 6.07) is 5.79. The van der Waals surface area contributed by atoms with Crippen LogP contribution in [0.1, 0.15) is 0 Å². The number of ether oxygens (including phenoxy) is 1. The zero-order valence-electron chi connectivity index (χ0n) is 6.70. The highest BCUT2D eigenvalue weighted by molar-refractivity contribution is 7.17. The molecule has 0 saturated heterocycles. The van der Waals surface area contributed by atoms with Gasteiger partial charge in [-0.2, -0.15) is 0 Å². The Kier molecular flexibility index (Phi) is 1.66. The van der Waals surface area contributed by atoms with Gasteiger partial charge in [-0.25, -0.2) is 0 Å². The van der Waals surface area contributed by atoms with E-state index in [2.05, 4.69) is 0 Å². The quantitative estimate of drug-likeness (QED) is 0.682. The molecule has 0 bridgehead atoms. The van der Waals surface area contributed by atoms with Crippen molar-refractivity contribution in [2.75, 3.05) is 12.8 Å². The summed E-state index contributed by atoms with van der Waals surface area (Å²) in [6.07, 6.45) is 0. The van der Waals surface area contributed by atoms with Gasteiger partial charge >= 0.3 is 0 Å². The van der Waals surface area contributed by atoms with Crippen LogP contribution < -0.4 is 10.5 Å². The van der Waals surface area contributed by atoms with Crippen LogP contribution in [0.3, 0.4) is 0 Å². The third-order valence-corrected chi connectivity index (χ3v) is 2.79. The molecule has 1 heterocycles. The van der Waals surface area contributed by atoms with E-state index in [1.807, 2.05) is 23.6 Å². The van der Waals surface area contributed by atoms with E-state index in [-0.39, 0.29) is 0 Å². The summed E-state index contributed by atoms with van der Waals surface area (Å²) in [6.45, 7) is 0. The molecule has 1 aromatic carbocycles. The minimum absolute atomic E-state index is 0.820. The molecule has 0 aliphatic carbocycles. The Morgan fingerprint density at radius 2 is 2.17 bits per heavy atom. The zero-order valence-corrected chi connectivity index (χ0v) is 7.52. The van der Waals surface area contributed by atoms with Gasteiger partial charge in [0.1, 0.15) is 5.75 Å². The van der Waals surface area contributed by atoms with Crippen molar-refractivity contribution in [1.29, 1.82) is 0 Å². The number of nitrogen functional groups attached to an aromatic ring is 1. The van der Waals surface area contributed by atoms with Crippen molar-refractivity contribution in [2.45, 2.75) is 0 Å². The summed E-state index contributed by atoms with van der Waals surface area (Å²) in [7, 11) is 1.67. The van der Waals surface area contributed by atoms with Gasteiger partial charge in [-0.3, -0.25) is 0 Å². The Balaban J connectivity index is 2.82. The fraction of sp³-hybridized carbons (Fsp3) is 0.111. The van der Waals surface area contributed by atoms with E-state index in [1.54, 1.807) is 18.4 Å². The first-order valence-corrected chi connectivity index (χ1v) is 4.50. The summed E-state index contributed by atoms with van der Waals surface area (Å²) >= 11 is 1.64. The minimum atomic E-state index is 0.820. The van der Waals surface area contributed by atoms with Crippen molar-refractivity contribution in [3.05, 3.63) is 23.6 Å². The van der Waals surface area contributed by atoms with E-state index in [4.69, 9.17) is 10.5 Å². The van der Waals surface area contributed by atoms with Crippen LogP contribution in [-0.4, -0.2) is 7.11 Å². The highest BCUT2D eigenvalue weighted by Crippen LogP contribution is 2.33. The third kappa shape index (κ3) is 0.940. The number of benzene rings is 1. The molecule has 1 aromatic heterocycles. The molecule has 2 aromatic rings. The zero-order chi connectivity index (χ0) is 8.55. The third-order valence-electron chi connectivity index (χ3n) is 1.83. The van der Waals surface area contributed by atoms with Crippen molar-refractivity contribution >= 4 is 27.1 Å². The normalized spacial score (nSPS) is 10.4. The molecule has 0 radical (unpaired) electrons. The number of thiophene rings is 1. The van der Waals surface area contributed by atoms with Gasteiger partial charge in [0, 0.05) is 11.1 Å². The summed E-state index contributed by atoms with van der Waals surface area (Å²) in [5.74, 6) is 0.889. The largest absolute Gasteiger partial charge is 0.496 e. The number of methoxy groups -OCH3 is 1. The van der Waals surface area contributed by atoms with Gasteiger partial charge in [-0.15, -0.1) is 11.3 Å². The standard InChI is InChI=1S/C9H9NOS/c1-11-8-3-2-7(10)9-6(8)4-5-12-9/h2-5H,10H2,1H3. The van der Waals surface area contributed by atoms with E-state index in [0.29, 0.717) is 0 Å². The van der Waals surface area contributed by atoms with Crippen LogP contribution in [0.25, 0.3) is 10.1 Å². The van der Waals surface area contributed by atoms with Gasteiger partial charge in [0.2, 0.25) is 0 Å². The van der Waals surface area contributed by atoms with Crippen LogP contribution in [0.15, 0.2) is 23.6 Å². The van der Waals surface area contributed by atoms with Crippen LogP contribution in [0.4, 0.5) is 5.69 Å². The average molecular weight is 179 g/mol. The van der Waals surface area contributed by atoms with Crippen molar-refractivity contribution in [2.24, 2.45) is 0 Å². The van der Waals surface area contributed by atoms with Gasteiger partial charge in [0.05, 0.1) is 11.8 Å². The fourth-order valence-corrected chi connectivity index (χ4v) is 2.08. The molecule has 0 unspecified atom stereocenters. The van der Waals surface area contributed by atoms with Crippen molar-refractivity contribution < 1.29 is 4.74 Å². The maximum atomic E-state index is 5.78. The van der Waals surface area contributed by atoms with Gasteiger partial charge in [0.25, 0.3) is 0 Å². The lowest BCUT2D eigenvalue weighted by Crippen LogP contribution is -1.87. The first kappa shape index (κ1) is 7.43. The molecule has 0 saturated carbocycles. The summed E-state index contributed by atoms with van der Waals surface area (Å²) in [4.78, 5) is 0. The number of anilines is 1. The summed E-state index contributed by atoms with van der Waals surface area (Å²) in [5.41, 5.74) is 6.60. The van der Waals surface area contributed by atoms with Gasteiger partial charge < -0.3 is 10.5 Å². The van der Waals surface area contributed by atoms with Crippen LogP contribution in [0, 0.1) is 0 Å². The highest BCUT2D eigenvalue weighted by Gasteiger charge is 2.04.